The highest BCUT2D eigenvalue weighted by atomic mass is 32.1. The topological polar surface area (TPSA) is 49.6 Å². The first-order chi connectivity index (χ1) is 10.1. The van der Waals surface area contributed by atoms with Crippen LogP contribution in [-0.4, -0.2) is 48.4 Å². The molecule has 21 heavy (non-hydrogen) atoms. The zero-order chi connectivity index (χ0) is 15.3. The highest BCUT2D eigenvalue weighted by Crippen LogP contribution is 2.28. The number of piperazine rings is 1. The monoisotopic (exact) mass is 309 g/mol. The summed E-state index contributed by atoms with van der Waals surface area (Å²) >= 11 is 1.80. The summed E-state index contributed by atoms with van der Waals surface area (Å²) in [5.41, 5.74) is 5.55. The maximum absolute atomic E-state index is 12.8. The average Bonchev–Trinajstić information content (AvgIpc) is 3.03. The van der Waals surface area contributed by atoms with E-state index in [0.29, 0.717) is 6.54 Å². The number of nitrogens with two attached hydrogens (primary N) is 1. The maximum atomic E-state index is 12.8. The molecule has 0 atom stereocenters. The van der Waals surface area contributed by atoms with E-state index in [1.54, 1.807) is 11.3 Å². The lowest BCUT2D eigenvalue weighted by molar-refractivity contribution is -0.144. The summed E-state index contributed by atoms with van der Waals surface area (Å²) in [6.45, 7) is 9.16. The van der Waals surface area contributed by atoms with Gasteiger partial charge in [0.05, 0.1) is 5.41 Å². The predicted octanol–water partition coefficient (Wildman–Crippen LogP) is 2.16. The second-order valence-electron chi connectivity index (χ2n) is 5.84. The van der Waals surface area contributed by atoms with E-state index < -0.39 is 0 Å². The van der Waals surface area contributed by atoms with E-state index in [0.717, 1.165) is 45.6 Å². The fraction of sp³-hybridized carbons (Fsp3) is 0.688. The molecule has 2 N–H and O–H groups in total. The summed E-state index contributed by atoms with van der Waals surface area (Å²) in [5.74, 6) is 0.255. The molecule has 1 aliphatic heterocycles. The average molecular weight is 309 g/mol. The van der Waals surface area contributed by atoms with E-state index in [2.05, 4.69) is 36.3 Å². The van der Waals surface area contributed by atoms with Crippen LogP contribution in [0.2, 0.25) is 0 Å². The van der Waals surface area contributed by atoms with Crippen molar-refractivity contribution in [3.8, 4) is 0 Å². The van der Waals surface area contributed by atoms with Crippen LogP contribution in [0.15, 0.2) is 17.5 Å². The smallest absolute Gasteiger partial charge is 0.230 e. The molecule has 118 valence electrons. The van der Waals surface area contributed by atoms with Crippen LogP contribution in [-0.2, 0) is 11.3 Å². The number of thiophene rings is 1. The maximum Gasteiger partial charge on any atom is 0.230 e. The van der Waals surface area contributed by atoms with Gasteiger partial charge in [-0.15, -0.1) is 11.3 Å². The molecule has 4 nitrogen and oxygen atoms in total. The van der Waals surface area contributed by atoms with Gasteiger partial charge in [0.1, 0.15) is 0 Å². The number of hydrogen-bond acceptors (Lipinski definition) is 4. The SMILES string of the molecule is CCC(CC)(CN)C(=O)N1CCN(Cc2cccs2)CC1. The van der Waals surface area contributed by atoms with E-state index >= 15 is 0 Å². The van der Waals surface area contributed by atoms with Gasteiger partial charge >= 0.3 is 0 Å². The van der Waals surface area contributed by atoms with Crippen molar-refractivity contribution in [2.45, 2.75) is 33.2 Å². The molecule has 1 aliphatic rings. The van der Waals surface area contributed by atoms with Gasteiger partial charge in [0.15, 0.2) is 0 Å². The number of hydrogen-bond donors (Lipinski definition) is 1. The molecule has 1 saturated heterocycles. The van der Waals surface area contributed by atoms with Crippen molar-refractivity contribution < 1.29 is 4.79 Å². The van der Waals surface area contributed by atoms with E-state index in [9.17, 15) is 4.79 Å². The fourth-order valence-electron chi connectivity index (χ4n) is 3.00. The summed E-state index contributed by atoms with van der Waals surface area (Å²) < 4.78 is 0. The molecule has 5 heteroatoms. The minimum atomic E-state index is -0.351. The van der Waals surface area contributed by atoms with Crippen molar-refractivity contribution in [1.82, 2.24) is 9.80 Å². The minimum Gasteiger partial charge on any atom is -0.340 e. The Morgan fingerprint density at radius 1 is 1.29 bits per heavy atom. The lowest BCUT2D eigenvalue weighted by Crippen LogP contribution is -2.54. The molecule has 2 heterocycles. The molecule has 0 aliphatic carbocycles. The fourth-order valence-corrected chi connectivity index (χ4v) is 3.74. The van der Waals surface area contributed by atoms with Crippen LogP contribution in [0.25, 0.3) is 0 Å². The van der Waals surface area contributed by atoms with Gasteiger partial charge in [-0.25, -0.2) is 0 Å². The Hall–Kier alpha value is -0.910. The normalized spacial score (nSPS) is 17.2. The molecule has 0 saturated carbocycles. The Kier molecular flexibility index (Phi) is 5.79. The number of carbonyl (C=O) groups excluding carboxylic acids is 1. The molecule has 0 aromatic carbocycles. The lowest BCUT2D eigenvalue weighted by atomic mass is 9.81. The van der Waals surface area contributed by atoms with Gasteiger partial charge in [-0.3, -0.25) is 9.69 Å². The van der Waals surface area contributed by atoms with Crippen LogP contribution in [0.1, 0.15) is 31.6 Å². The van der Waals surface area contributed by atoms with Crippen molar-refractivity contribution in [2.75, 3.05) is 32.7 Å². The van der Waals surface area contributed by atoms with Crippen LogP contribution in [0, 0.1) is 5.41 Å². The molecule has 0 spiro atoms. The molecule has 1 fully saturated rings. The Bertz CT molecular complexity index is 426. The third kappa shape index (κ3) is 3.65. The highest BCUT2D eigenvalue weighted by molar-refractivity contribution is 7.09. The third-order valence-corrected chi connectivity index (χ3v) is 5.68. The Balaban J connectivity index is 1.89. The lowest BCUT2D eigenvalue weighted by Gasteiger charge is -2.40. The van der Waals surface area contributed by atoms with E-state index in [4.69, 9.17) is 5.73 Å². The minimum absolute atomic E-state index is 0.255. The summed E-state index contributed by atoms with van der Waals surface area (Å²) in [7, 11) is 0. The molecular formula is C16H27N3OS. The largest absolute Gasteiger partial charge is 0.340 e. The van der Waals surface area contributed by atoms with Crippen molar-refractivity contribution in [2.24, 2.45) is 11.1 Å². The van der Waals surface area contributed by atoms with E-state index in [-0.39, 0.29) is 11.3 Å². The zero-order valence-corrected chi connectivity index (χ0v) is 14.0. The van der Waals surface area contributed by atoms with Crippen LogP contribution < -0.4 is 5.73 Å². The van der Waals surface area contributed by atoms with Gasteiger partial charge in [-0.1, -0.05) is 19.9 Å². The van der Waals surface area contributed by atoms with Crippen molar-refractivity contribution in [3.63, 3.8) is 0 Å². The summed E-state index contributed by atoms with van der Waals surface area (Å²) in [5, 5.41) is 2.12. The third-order valence-electron chi connectivity index (χ3n) is 4.82. The first-order valence-electron chi connectivity index (χ1n) is 7.89. The summed E-state index contributed by atoms with van der Waals surface area (Å²) in [6.07, 6.45) is 1.66. The van der Waals surface area contributed by atoms with Gasteiger partial charge in [0.2, 0.25) is 5.91 Å². The summed E-state index contributed by atoms with van der Waals surface area (Å²) in [6, 6.07) is 4.27. The molecular weight excluding hydrogens is 282 g/mol. The zero-order valence-electron chi connectivity index (χ0n) is 13.2. The van der Waals surface area contributed by atoms with Crippen molar-refractivity contribution >= 4 is 17.2 Å². The second-order valence-corrected chi connectivity index (χ2v) is 6.87. The van der Waals surface area contributed by atoms with Gasteiger partial charge in [0, 0.05) is 44.1 Å². The van der Waals surface area contributed by atoms with Gasteiger partial charge in [-0.05, 0) is 24.3 Å². The van der Waals surface area contributed by atoms with E-state index in [1.807, 2.05) is 4.90 Å². The number of rotatable bonds is 6. The molecule has 0 bridgehead atoms. The highest BCUT2D eigenvalue weighted by Gasteiger charge is 2.37. The van der Waals surface area contributed by atoms with Crippen molar-refractivity contribution in [3.05, 3.63) is 22.4 Å². The summed E-state index contributed by atoms with van der Waals surface area (Å²) in [4.78, 5) is 18.6. The Labute approximate surface area is 131 Å². The predicted molar refractivity (Wildman–Crippen MR) is 88.2 cm³/mol. The van der Waals surface area contributed by atoms with Crippen LogP contribution in [0.4, 0.5) is 0 Å². The van der Waals surface area contributed by atoms with Crippen molar-refractivity contribution in [1.29, 1.82) is 0 Å². The Morgan fingerprint density at radius 3 is 2.43 bits per heavy atom. The molecule has 1 aromatic heterocycles. The second kappa shape index (κ2) is 7.38. The number of nitrogens with zero attached hydrogens (tertiary/aromatic N) is 2. The van der Waals surface area contributed by atoms with Gasteiger partial charge in [-0.2, -0.15) is 0 Å². The number of amides is 1. The van der Waals surface area contributed by atoms with Gasteiger partial charge in [0.25, 0.3) is 0 Å². The molecule has 1 aromatic rings. The number of carbonyl (C=O) groups is 1. The van der Waals surface area contributed by atoms with Crippen LogP contribution in [0.3, 0.4) is 0 Å². The van der Waals surface area contributed by atoms with Crippen LogP contribution >= 0.6 is 11.3 Å². The van der Waals surface area contributed by atoms with Gasteiger partial charge < -0.3 is 10.6 Å². The van der Waals surface area contributed by atoms with Crippen LogP contribution in [0.5, 0.6) is 0 Å². The van der Waals surface area contributed by atoms with E-state index in [1.165, 1.54) is 4.88 Å². The molecule has 2 rings (SSSR count). The Morgan fingerprint density at radius 2 is 1.95 bits per heavy atom. The standard InChI is InChI=1S/C16H27N3OS/c1-3-16(4-2,13-17)15(20)19-9-7-18(8-10-19)12-14-6-5-11-21-14/h5-6,11H,3-4,7-10,12-13,17H2,1-2H3. The first kappa shape index (κ1) is 16.5. The molecule has 0 radical (unpaired) electrons. The molecule has 0 unspecified atom stereocenters. The quantitative estimate of drug-likeness (QED) is 0.876. The first-order valence-corrected chi connectivity index (χ1v) is 8.77. The molecule has 1 amide bonds.